The Labute approximate surface area is 264 Å². The maximum absolute atomic E-state index is 14.6. The van der Waals surface area contributed by atoms with E-state index in [1.165, 1.54) is 11.6 Å². The summed E-state index contributed by atoms with van der Waals surface area (Å²) in [5, 5.41) is 17.4. The summed E-state index contributed by atoms with van der Waals surface area (Å²) in [6.07, 6.45) is 5.40. The van der Waals surface area contributed by atoms with Crippen molar-refractivity contribution in [3.8, 4) is 17.6 Å². The number of aryl methyl sites for hydroxylation is 1. The van der Waals surface area contributed by atoms with Crippen LogP contribution in [0.15, 0.2) is 48.7 Å². The van der Waals surface area contributed by atoms with Crippen LogP contribution >= 0.6 is 22.7 Å². The number of halogens is 1. The largest absolute Gasteiger partial charge is 0.491 e. The zero-order chi connectivity index (χ0) is 30.7. The van der Waals surface area contributed by atoms with Gasteiger partial charge in [-0.25, -0.2) is 14.4 Å². The highest BCUT2D eigenvalue weighted by molar-refractivity contribution is 7.22. The molecule has 226 valence electrons. The van der Waals surface area contributed by atoms with E-state index in [1.807, 2.05) is 45.3 Å². The Morgan fingerprint density at radius 1 is 1.14 bits per heavy atom. The molecule has 0 fully saturated rings. The summed E-state index contributed by atoms with van der Waals surface area (Å²) in [6.45, 7) is 7.28. The molecule has 0 bridgehead atoms. The van der Waals surface area contributed by atoms with Crippen molar-refractivity contribution < 1.29 is 9.13 Å². The van der Waals surface area contributed by atoms with Gasteiger partial charge in [0.05, 0.1) is 22.4 Å². The molecule has 2 N–H and O–H groups in total. The molecule has 5 aromatic rings. The quantitative estimate of drug-likeness (QED) is 0.131. The van der Waals surface area contributed by atoms with Gasteiger partial charge in [-0.15, -0.1) is 21.5 Å². The van der Waals surface area contributed by atoms with Crippen LogP contribution in [-0.2, 0) is 12.8 Å². The van der Waals surface area contributed by atoms with E-state index in [2.05, 4.69) is 55.5 Å². The van der Waals surface area contributed by atoms with Crippen LogP contribution in [-0.4, -0.2) is 45.9 Å². The fourth-order valence-corrected chi connectivity index (χ4v) is 6.71. The zero-order valence-electron chi connectivity index (χ0n) is 25.2. The lowest BCUT2D eigenvalue weighted by Gasteiger charge is -2.28. The Bertz CT molecular complexity index is 1820. The summed E-state index contributed by atoms with van der Waals surface area (Å²) in [6, 6.07) is 12.9. The molecule has 0 saturated heterocycles. The van der Waals surface area contributed by atoms with Crippen LogP contribution in [0.1, 0.15) is 48.3 Å². The fourth-order valence-electron chi connectivity index (χ4n) is 4.86. The first-order valence-corrected chi connectivity index (χ1v) is 16.3. The van der Waals surface area contributed by atoms with Crippen LogP contribution in [0.5, 0.6) is 5.75 Å². The van der Waals surface area contributed by atoms with E-state index in [1.54, 1.807) is 34.8 Å². The summed E-state index contributed by atoms with van der Waals surface area (Å²) in [4.78, 5) is 12.7. The van der Waals surface area contributed by atoms with Crippen LogP contribution in [0, 0.1) is 24.6 Å². The minimum atomic E-state index is -0.405. The molecule has 0 aliphatic carbocycles. The number of hydrogen-bond donors (Lipinski definition) is 2. The second-order valence-corrected chi connectivity index (χ2v) is 13.3. The number of aromatic nitrogens is 4. The number of rotatable bonds is 9. The third-order valence-corrected chi connectivity index (χ3v) is 9.61. The molecular formula is C33H34FN7OS2. The lowest BCUT2D eigenvalue weighted by atomic mass is 10.0. The highest BCUT2D eigenvalue weighted by Crippen LogP contribution is 2.38. The summed E-state index contributed by atoms with van der Waals surface area (Å²) in [7, 11) is 1.85. The molecule has 0 amide bonds. The van der Waals surface area contributed by atoms with Gasteiger partial charge in [-0.1, -0.05) is 35.3 Å². The number of fused-ring (bicyclic) bond motifs is 2. The van der Waals surface area contributed by atoms with Gasteiger partial charge in [0, 0.05) is 34.3 Å². The average Bonchev–Trinajstić information content (AvgIpc) is 3.67. The number of nitrogens with one attached hydrogen (secondary N) is 2. The van der Waals surface area contributed by atoms with E-state index in [0.717, 1.165) is 74.8 Å². The first-order chi connectivity index (χ1) is 21.3. The Hall–Kier alpha value is -4.11. The van der Waals surface area contributed by atoms with E-state index >= 15 is 0 Å². The van der Waals surface area contributed by atoms with Gasteiger partial charge in [-0.05, 0) is 83.8 Å². The first-order valence-electron chi connectivity index (χ1n) is 14.6. The Balaban J connectivity index is 1.06. The molecule has 6 rings (SSSR count). The molecule has 8 nitrogen and oxygen atoms in total. The van der Waals surface area contributed by atoms with E-state index < -0.39 is 5.82 Å². The highest BCUT2D eigenvalue weighted by Gasteiger charge is 2.26. The van der Waals surface area contributed by atoms with Crippen LogP contribution in [0.4, 0.5) is 26.3 Å². The Morgan fingerprint density at radius 2 is 2.00 bits per heavy atom. The maximum Gasteiger partial charge on any atom is 0.191 e. The van der Waals surface area contributed by atoms with Gasteiger partial charge in [0.2, 0.25) is 0 Å². The van der Waals surface area contributed by atoms with Gasteiger partial charge in [0.1, 0.15) is 0 Å². The number of para-hydroxylation sites is 1. The van der Waals surface area contributed by atoms with E-state index in [0.29, 0.717) is 12.2 Å². The average molecular weight is 628 g/mol. The van der Waals surface area contributed by atoms with Crippen molar-refractivity contribution in [3.63, 3.8) is 0 Å². The molecule has 0 saturated carbocycles. The van der Waals surface area contributed by atoms with Crippen LogP contribution < -0.4 is 20.3 Å². The molecule has 3 aromatic heterocycles. The van der Waals surface area contributed by atoms with Gasteiger partial charge in [-0.2, -0.15) is 0 Å². The van der Waals surface area contributed by atoms with Gasteiger partial charge in [0.25, 0.3) is 0 Å². The minimum Gasteiger partial charge on any atom is -0.491 e. The van der Waals surface area contributed by atoms with Crippen molar-refractivity contribution in [3.05, 3.63) is 76.0 Å². The fraction of sp³-hybridized carbons (Fsp3) is 0.333. The topological polar surface area (TPSA) is 88.1 Å². The summed E-state index contributed by atoms with van der Waals surface area (Å²) < 4.78 is 21.5. The molecule has 2 aromatic carbocycles. The molecule has 0 atom stereocenters. The normalized spacial score (nSPS) is 13.0. The molecule has 4 heterocycles. The highest BCUT2D eigenvalue weighted by atomic mass is 32.1. The van der Waals surface area contributed by atoms with Crippen molar-refractivity contribution in [2.45, 2.75) is 52.0 Å². The van der Waals surface area contributed by atoms with Crippen LogP contribution in [0.25, 0.3) is 10.2 Å². The predicted octanol–water partition coefficient (Wildman–Crippen LogP) is 7.18. The van der Waals surface area contributed by atoms with Crippen molar-refractivity contribution in [1.82, 2.24) is 25.5 Å². The van der Waals surface area contributed by atoms with E-state index in [9.17, 15) is 4.39 Å². The number of ether oxygens (including phenoxy) is 1. The smallest absolute Gasteiger partial charge is 0.191 e. The second-order valence-electron chi connectivity index (χ2n) is 11.2. The van der Waals surface area contributed by atoms with Crippen molar-refractivity contribution >= 4 is 54.8 Å². The first kappa shape index (κ1) is 29.9. The van der Waals surface area contributed by atoms with Gasteiger partial charge in [-0.3, -0.25) is 0 Å². The molecule has 1 aliphatic heterocycles. The molecule has 0 spiro atoms. The van der Waals surface area contributed by atoms with Crippen LogP contribution in [0.3, 0.4) is 0 Å². The molecular weight excluding hydrogens is 594 g/mol. The van der Waals surface area contributed by atoms with Crippen molar-refractivity contribution in [2.75, 3.05) is 30.4 Å². The lowest BCUT2D eigenvalue weighted by Crippen LogP contribution is -2.34. The minimum absolute atomic E-state index is 0.240. The summed E-state index contributed by atoms with van der Waals surface area (Å²) in [5.41, 5.74) is 3.52. The van der Waals surface area contributed by atoms with Crippen LogP contribution in [0.2, 0.25) is 0 Å². The summed E-state index contributed by atoms with van der Waals surface area (Å²) in [5.74, 6) is 7.56. The lowest BCUT2D eigenvalue weighted by molar-refractivity contribution is 0.296. The van der Waals surface area contributed by atoms with E-state index in [-0.39, 0.29) is 11.3 Å². The maximum atomic E-state index is 14.6. The molecule has 1 aliphatic rings. The molecule has 11 heteroatoms. The summed E-state index contributed by atoms with van der Waals surface area (Å²) >= 11 is 3.26. The van der Waals surface area contributed by atoms with Gasteiger partial charge < -0.3 is 20.3 Å². The van der Waals surface area contributed by atoms with Gasteiger partial charge in [0.15, 0.2) is 33.5 Å². The molecule has 0 unspecified atom stereocenters. The number of hydrogen-bond acceptors (Lipinski definition) is 10. The number of nitrogens with zero attached hydrogens (tertiary/aromatic N) is 5. The standard InChI is InChI=1S/C33H34FN7OS2/c1-21-24-10-7-17-41(30(24)40-39-29(21)38-31-37-26-11-5-6-12-28(26)44-31)32-36-20-23(43-32)9-8-18-42-27-14-13-22(19-25(27)34)15-16-33(2,3)35-4/h5-6,11-14,19-20,35H,7-10,17-18H2,1-4H3,(H,37,38,39). The van der Waals surface area contributed by atoms with Crippen molar-refractivity contribution in [2.24, 2.45) is 0 Å². The Morgan fingerprint density at radius 3 is 2.82 bits per heavy atom. The van der Waals surface area contributed by atoms with E-state index in [4.69, 9.17) is 9.72 Å². The number of thiazole rings is 2. The monoisotopic (exact) mass is 627 g/mol. The number of anilines is 4. The van der Waals surface area contributed by atoms with Crippen molar-refractivity contribution in [1.29, 1.82) is 0 Å². The second kappa shape index (κ2) is 12.9. The molecule has 0 radical (unpaired) electrons. The SMILES string of the molecule is CNC(C)(C)C#Cc1ccc(OCCCc2cnc(N3CCCc4c3nnc(Nc3nc5ccccc5s3)c4C)s2)c(F)c1. The third kappa shape index (κ3) is 6.68. The predicted molar refractivity (Wildman–Crippen MR) is 177 cm³/mol. The third-order valence-electron chi connectivity index (χ3n) is 7.58. The molecule has 44 heavy (non-hydrogen) atoms. The zero-order valence-corrected chi connectivity index (χ0v) is 26.8. The van der Waals surface area contributed by atoms with Gasteiger partial charge >= 0.3 is 0 Å². The Kier molecular flexibility index (Phi) is 8.75. The number of benzene rings is 2.